The van der Waals surface area contributed by atoms with Crippen LogP contribution >= 0.6 is 7.82 Å². The van der Waals surface area contributed by atoms with Crippen LogP contribution in [0.4, 0.5) is 0 Å². The van der Waals surface area contributed by atoms with Gasteiger partial charge >= 0.3 is 19.8 Å². The monoisotopic (exact) mass is 886 g/mol. The highest BCUT2D eigenvalue weighted by atomic mass is 31.2. The van der Waals surface area contributed by atoms with Crippen LogP contribution in [-0.4, -0.2) is 60.5 Å². The first-order valence-corrected chi connectivity index (χ1v) is 26.9. The predicted molar refractivity (Wildman–Crippen MR) is 254 cm³/mol. The van der Waals surface area contributed by atoms with Crippen LogP contribution in [0.25, 0.3) is 0 Å². The first kappa shape index (κ1) is 59.5. The Balaban J connectivity index is 4.13. The van der Waals surface area contributed by atoms with Crippen molar-refractivity contribution in [2.75, 3.05) is 26.4 Å². The van der Waals surface area contributed by atoms with Crippen LogP contribution < -0.4 is 5.73 Å². The highest BCUT2D eigenvalue weighted by molar-refractivity contribution is 7.47. The van der Waals surface area contributed by atoms with E-state index in [1.165, 1.54) is 173 Å². The van der Waals surface area contributed by atoms with Gasteiger partial charge in [0.2, 0.25) is 0 Å². The molecule has 4 N–H and O–H groups in total. The average molecular weight is 886 g/mol. The lowest BCUT2D eigenvalue weighted by atomic mass is 10.0. The van der Waals surface area contributed by atoms with Gasteiger partial charge in [-0.2, -0.15) is 0 Å². The fraction of sp³-hybridized carbons (Fsp3) is 0.880. The van der Waals surface area contributed by atoms with Crippen LogP contribution in [-0.2, 0) is 32.7 Å². The first-order chi connectivity index (χ1) is 29.7. The van der Waals surface area contributed by atoms with E-state index in [1.807, 2.05) is 0 Å². The Morgan fingerprint density at radius 2 is 0.902 bits per heavy atom. The molecule has 0 aliphatic rings. The van der Waals surface area contributed by atoms with Gasteiger partial charge in [0.15, 0.2) is 0 Å². The number of phosphoric acid groups is 1. The number of hydrogen-bond acceptors (Lipinski definition) is 8. The number of esters is 1. The zero-order valence-electron chi connectivity index (χ0n) is 39.5. The molecular formula is C50H96NO9P. The number of carbonyl (C=O) groups is 2. The number of phosphoric ester groups is 1. The van der Waals surface area contributed by atoms with Crippen LogP contribution in [0.3, 0.4) is 0 Å². The van der Waals surface area contributed by atoms with Gasteiger partial charge in [0.05, 0.1) is 19.8 Å². The first-order valence-electron chi connectivity index (χ1n) is 25.4. The lowest BCUT2D eigenvalue weighted by molar-refractivity contribution is -0.154. The molecule has 0 aromatic rings. The van der Waals surface area contributed by atoms with Crippen molar-refractivity contribution in [1.82, 2.24) is 0 Å². The quantitative estimate of drug-likeness (QED) is 0.0233. The van der Waals surface area contributed by atoms with Crippen molar-refractivity contribution in [2.24, 2.45) is 5.73 Å². The minimum Gasteiger partial charge on any atom is -0.480 e. The topological polar surface area (TPSA) is 155 Å². The lowest BCUT2D eigenvalue weighted by Gasteiger charge is -2.20. The van der Waals surface area contributed by atoms with E-state index in [9.17, 15) is 19.0 Å². The van der Waals surface area contributed by atoms with Crippen molar-refractivity contribution in [2.45, 2.75) is 257 Å². The number of rotatable bonds is 49. The number of carboxylic acid groups (broad SMARTS) is 1. The normalized spacial score (nSPS) is 13.9. The number of nitrogens with two attached hydrogens (primary N) is 1. The van der Waals surface area contributed by atoms with Gasteiger partial charge in [-0.15, -0.1) is 0 Å². The molecule has 10 nitrogen and oxygen atoms in total. The van der Waals surface area contributed by atoms with Crippen LogP contribution in [0, 0.1) is 0 Å². The second kappa shape index (κ2) is 46.4. The Hall–Kier alpha value is -1.55. The summed E-state index contributed by atoms with van der Waals surface area (Å²) in [7, 11) is -4.62. The van der Waals surface area contributed by atoms with E-state index in [-0.39, 0.29) is 13.0 Å². The largest absolute Gasteiger partial charge is 0.480 e. The summed E-state index contributed by atoms with van der Waals surface area (Å²) in [5.41, 5.74) is 5.37. The van der Waals surface area contributed by atoms with Crippen LogP contribution in [0.1, 0.15) is 245 Å². The third-order valence-electron chi connectivity index (χ3n) is 11.2. The minimum atomic E-state index is -4.62. The summed E-state index contributed by atoms with van der Waals surface area (Å²) in [6.45, 7) is 3.90. The summed E-state index contributed by atoms with van der Waals surface area (Å²) in [5, 5.41) is 8.92. The molecule has 0 rings (SSSR count). The molecule has 3 atom stereocenters. The molecule has 0 aliphatic carbocycles. The third kappa shape index (κ3) is 46.3. The van der Waals surface area contributed by atoms with Crippen LogP contribution in [0.5, 0.6) is 0 Å². The van der Waals surface area contributed by atoms with Crippen LogP contribution in [0.2, 0.25) is 0 Å². The molecule has 0 bridgehead atoms. The number of carbonyl (C=O) groups excluding carboxylic acids is 1. The Kier molecular flexibility index (Phi) is 45.3. The molecule has 0 spiro atoms. The molecule has 0 aromatic heterocycles. The Bertz CT molecular complexity index is 1070. The number of hydrogen-bond donors (Lipinski definition) is 3. The fourth-order valence-electron chi connectivity index (χ4n) is 7.28. The molecule has 11 heteroatoms. The summed E-state index contributed by atoms with van der Waals surface area (Å²) in [4.78, 5) is 33.7. The molecule has 0 radical (unpaired) electrons. The Labute approximate surface area is 374 Å². The molecule has 360 valence electrons. The van der Waals surface area contributed by atoms with Gasteiger partial charge in [-0.1, -0.05) is 218 Å². The number of aliphatic carboxylic acids is 1. The summed E-state index contributed by atoms with van der Waals surface area (Å²) in [6, 6.07) is -1.47. The predicted octanol–water partition coefficient (Wildman–Crippen LogP) is 14.7. The second-order valence-corrected chi connectivity index (χ2v) is 18.8. The summed E-state index contributed by atoms with van der Waals surface area (Å²) in [6.07, 6.45) is 52.3. The highest BCUT2D eigenvalue weighted by Gasteiger charge is 2.27. The van der Waals surface area contributed by atoms with Crippen molar-refractivity contribution in [1.29, 1.82) is 0 Å². The van der Waals surface area contributed by atoms with E-state index in [0.29, 0.717) is 6.61 Å². The molecular weight excluding hydrogens is 790 g/mol. The van der Waals surface area contributed by atoms with E-state index in [0.717, 1.165) is 51.4 Å². The van der Waals surface area contributed by atoms with Crippen molar-refractivity contribution in [3.8, 4) is 0 Å². The molecule has 0 heterocycles. The SMILES string of the molecule is CCCCCC/C=C\C/C=C\CCCCCCCCCCOCC(COP(=O)(O)OCC(N)C(=O)O)OC(=O)CCCCCCCCCCCCCCCCCCCCCC. The van der Waals surface area contributed by atoms with Crippen LogP contribution in [0.15, 0.2) is 24.3 Å². The number of allylic oxidation sites excluding steroid dienone is 4. The fourth-order valence-corrected chi connectivity index (χ4v) is 8.06. The molecule has 0 saturated carbocycles. The Morgan fingerprint density at radius 3 is 1.34 bits per heavy atom. The molecule has 0 fully saturated rings. The van der Waals surface area contributed by atoms with E-state index in [4.69, 9.17) is 29.4 Å². The maximum absolute atomic E-state index is 12.7. The third-order valence-corrected chi connectivity index (χ3v) is 12.2. The summed E-state index contributed by atoms with van der Waals surface area (Å²) < 4.78 is 33.5. The van der Waals surface area contributed by atoms with E-state index < -0.39 is 45.1 Å². The van der Waals surface area contributed by atoms with Gasteiger partial charge in [0.25, 0.3) is 0 Å². The highest BCUT2D eigenvalue weighted by Crippen LogP contribution is 2.43. The number of ether oxygens (including phenoxy) is 2. The molecule has 61 heavy (non-hydrogen) atoms. The average Bonchev–Trinajstić information content (AvgIpc) is 3.24. The van der Waals surface area contributed by atoms with Gasteiger partial charge in [-0.25, -0.2) is 4.57 Å². The number of unbranched alkanes of at least 4 members (excludes halogenated alkanes) is 31. The van der Waals surface area contributed by atoms with Crippen molar-refractivity contribution in [3.63, 3.8) is 0 Å². The zero-order chi connectivity index (χ0) is 44.8. The van der Waals surface area contributed by atoms with Crippen molar-refractivity contribution in [3.05, 3.63) is 24.3 Å². The zero-order valence-corrected chi connectivity index (χ0v) is 40.4. The van der Waals surface area contributed by atoms with Gasteiger partial charge in [0, 0.05) is 13.0 Å². The minimum absolute atomic E-state index is 0.0173. The van der Waals surface area contributed by atoms with Gasteiger partial charge < -0.3 is 25.2 Å². The molecule has 3 unspecified atom stereocenters. The maximum Gasteiger partial charge on any atom is 0.472 e. The Morgan fingerprint density at radius 1 is 0.525 bits per heavy atom. The molecule has 0 amide bonds. The second-order valence-electron chi connectivity index (χ2n) is 17.3. The summed E-state index contributed by atoms with van der Waals surface area (Å²) in [5.74, 6) is -1.77. The maximum atomic E-state index is 12.7. The molecule has 0 aromatic carbocycles. The lowest BCUT2D eigenvalue weighted by Crippen LogP contribution is -2.34. The van der Waals surface area contributed by atoms with Gasteiger partial charge in [-0.05, 0) is 44.9 Å². The van der Waals surface area contributed by atoms with E-state index >= 15 is 0 Å². The van der Waals surface area contributed by atoms with Gasteiger partial charge in [-0.3, -0.25) is 18.6 Å². The summed E-state index contributed by atoms with van der Waals surface area (Å²) >= 11 is 0. The molecule has 0 saturated heterocycles. The van der Waals surface area contributed by atoms with E-state index in [1.54, 1.807) is 0 Å². The smallest absolute Gasteiger partial charge is 0.472 e. The van der Waals surface area contributed by atoms with E-state index in [2.05, 4.69) is 38.2 Å². The van der Waals surface area contributed by atoms with Gasteiger partial charge in [0.1, 0.15) is 12.1 Å². The number of carboxylic acids is 1. The molecule has 0 aliphatic heterocycles. The van der Waals surface area contributed by atoms with Crippen molar-refractivity contribution >= 4 is 19.8 Å². The van der Waals surface area contributed by atoms with Crippen molar-refractivity contribution < 1.29 is 42.7 Å². The standard InChI is InChI=1S/C50H96NO9P/c1-3-5-7-9-11-13-15-17-19-21-23-24-26-28-30-32-34-36-38-40-42-49(52)60-47(45-58-61(55,56)59-46-48(51)50(53)54)44-57-43-41-39-37-35-33-31-29-27-25-22-20-18-16-14-12-10-8-6-4-2/h14,16,20,22,47-48H,3-13,15,17-19,21,23-46,51H2,1-2H3,(H,53,54)(H,55,56)/b16-14-,22-20-.